The van der Waals surface area contributed by atoms with Crippen LogP contribution in [0.2, 0.25) is 0 Å². The highest BCUT2D eigenvalue weighted by molar-refractivity contribution is 7.99. The van der Waals surface area contributed by atoms with E-state index in [0.717, 1.165) is 18.6 Å². The first-order valence-electron chi connectivity index (χ1n) is 4.47. The number of nitrogens with zero attached hydrogens (tertiary/aromatic N) is 1. The van der Waals surface area contributed by atoms with Crippen molar-refractivity contribution in [1.29, 1.82) is 0 Å². The van der Waals surface area contributed by atoms with Crippen molar-refractivity contribution in [2.45, 2.75) is 12.8 Å². The Balaban J connectivity index is 2.08. The molecule has 0 atom stereocenters. The van der Waals surface area contributed by atoms with Crippen LogP contribution >= 0.6 is 11.8 Å². The van der Waals surface area contributed by atoms with Crippen molar-refractivity contribution in [1.82, 2.24) is 4.98 Å². The summed E-state index contributed by atoms with van der Waals surface area (Å²) in [6, 6.07) is 3.98. The number of carboxylic acid groups (broad SMARTS) is 1. The van der Waals surface area contributed by atoms with Gasteiger partial charge in [0.05, 0.1) is 5.75 Å². The lowest BCUT2D eigenvalue weighted by atomic mass is 10.2. The van der Waals surface area contributed by atoms with Crippen molar-refractivity contribution in [3.8, 4) is 0 Å². The molecule has 1 aromatic heterocycles. The molecule has 0 aromatic carbocycles. The standard InChI is InChI=1S/C10H13NO2S/c12-10(13)8-14-7-1-2-9-3-5-11-6-4-9/h3-6H,1-2,7-8H2,(H,12,13). The lowest BCUT2D eigenvalue weighted by Gasteiger charge is -1.99. The third-order valence-electron chi connectivity index (χ3n) is 1.73. The van der Waals surface area contributed by atoms with Crippen LogP contribution < -0.4 is 0 Å². The first-order valence-corrected chi connectivity index (χ1v) is 5.63. The third kappa shape index (κ3) is 4.87. The quantitative estimate of drug-likeness (QED) is 0.729. The molecule has 0 spiro atoms. The zero-order chi connectivity index (χ0) is 10.2. The second kappa shape index (κ2) is 6.43. The molecule has 76 valence electrons. The highest BCUT2D eigenvalue weighted by Gasteiger charge is 1.97. The number of hydrogen-bond donors (Lipinski definition) is 1. The summed E-state index contributed by atoms with van der Waals surface area (Å²) >= 11 is 1.47. The maximum absolute atomic E-state index is 10.2. The molecule has 0 amide bonds. The lowest BCUT2D eigenvalue weighted by Crippen LogP contribution is -1.99. The number of aliphatic carboxylic acids is 1. The van der Waals surface area contributed by atoms with Gasteiger partial charge in [0.2, 0.25) is 0 Å². The summed E-state index contributed by atoms with van der Waals surface area (Å²) < 4.78 is 0. The van der Waals surface area contributed by atoms with Gasteiger partial charge in [-0.1, -0.05) is 0 Å². The molecular formula is C10H13NO2S. The van der Waals surface area contributed by atoms with Crippen molar-refractivity contribution in [2.75, 3.05) is 11.5 Å². The fraction of sp³-hybridized carbons (Fsp3) is 0.400. The summed E-state index contributed by atoms with van der Waals surface area (Å²) in [4.78, 5) is 14.1. The predicted molar refractivity (Wildman–Crippen MR) is 57.5 cm³/mol. The molecule has 1 aromatic rings. The topological polar surface area (TPSA) is 50.2 Å². The highest BCUT2D eigenvalue weighted by atomic mass is 32.2. The maximum Gasteiger partial charge on any atom is 0.313 e. The van der Waals surface area contributed by atoms with Gasteiger partial charge in [0.15, 0.2) is 0 Å². The van der Waals surface area contributed by atoms with Crippen LogP contribution in [0.25, 0.3) is 0 Å². The normalized spacial score (nSPS) is 10.0. The van der Waals surface area contributed by atoms with Gasteiger partial charge in [0.25, 0.3) is 0 Å². The number of aromatic nitrogens is 1. The van der Waals surface area contributed by atoms with E-state index in [0.29, 0.717) is 0 Å². The van der Waals surface area contributed by atoms with Crippen molar-refractivity contribution in [3.05, 3.63) is 30.1 Å². The molecule has 0 radical (unpaired) electrons. The van der Waals surface area contributed by atoms with Crippen molar-refractivity contribution in [3.63, 3.8) is 0 Å². The second-order valence-electron chi connectivity index (χ2n) is 2.91. The Kier molecular flexibility index (Phi) is 5.07. The third-order valence-corrected chi connectivity index (χ3v) is 2.76. The number of aryl methyl sites for hydroxylation is 1. The Bertz CT molecular complexity index is 277. The molecule has 14 heavy (non-hydrogen) atoms. The predicted octanol–water partition coefficient (Wildman–Crippen LogP) is 1.83. The number of carbonyl (C=O) groups is 1. The molecule has 0 aliphatic carbocycles. The first-order chi connectivity index (χ1) is 6.79. The Morgan fingerprint density at radius 3 is 2.79 bits per heavy atom. The molecule has 0 unspecified atom stereocenters. The minimum atomic E-state index is -0.737. The van der Waals surface area contributed by atoms with Gasteiger partial charge in [0.1, 0.15) is 0 Å². The molecule has 1 heterocycles. The summed E-state index contributed by atoms with van der Waals surface area (Å²) in [6.45, 7) is 0. The molecule has 0 saturated carbocycles. The summed E-state index contributed by atoms with van der Waals surface area (Å²) in [5.74, 6) is 0.365. The minimum absolute atomic E-state index is 0.205. The van der Waals surface area contributed by atoms with Crippen LogP contribution in [0.1, 0.15) is 12.0 Å². The van der Waals surface area contributed by atoms with Crippen LogP contribution in [0.15, 0.2) is 24.5 Å². The highest BCUT2D eigenvalue weighted by Crippen LogP contribution is 2.06. The van der Waals surface area contributed by atoms with Crippen LogP contribution in [0.3, 0.4) is 0 Å². The summed E-state index contributed by atoms with van der Waals surface area (Å²) in [7, 11) is 0. The number of pyridine rings is 1. The molecule has 1 N–H and O–H groups in total. The van der Waals surface area contributed by atoms with E-state index in [1.807, 2.05) is 12.1 Å². The van der Waals surface area contributed by atoms with Crippen molar-refractivity contribution < 1.29 is 9.90 Å². The Labute approximate surface area is 87.6 Å². The molecule has 1 rings (SSSR count). The Morgan fingerprint density at radius 2 is 2.14 bits per heavy atom. The number of thioether (sulfide) groups is 1. The van der Waals surface area contributed by atoms with Gasteiger partial charge >= 0.3 is 5.97 Å². The van der Waals surface area contributed by atoms with Gasteiger partial charge in [-0.05, 0) is 36.3 Å². The molecule has 0 fully saturated rings. The largest absolute Gasteiger partial charge is 0.481 e. The van der Waals surface area contributed by atoms with Gasteiger partial charge in [-0.25, -0.2) is 0 Å². The second-order valence-corrected chi connectivity index (χ2v) is 4.01. The molecule has 0 aliphatic rings. The van der Waals surface area contributed by atoms with Gasteiger partial charge in [0, 0.05) is 12.4 Å². The summed E-state index contributed by atoms with van der Waals surface area (Å²) in [6.07, 6.45) is 5.57. The first kappa shape index (κ1) is 11.0. The van der Waals surface area contributed by atoms with Crippen LogP contribution in [-0.4, -0.2) is 27.6 Å². The molecule has 0 bridgehead atoms. The van der Waals surface area contributed by atoms with E-state index in [-0.39, 0.29) is 5.75 Å². The van der Waals surface area contributed by atoms with Gasteiger partial charge in [-0.15, -0.1) is 0 Å². The average Bonchev–Trinajstić information content (AvgIpc) is 2.18. The SMILES string of the molecule is O=C(O)CSCCCc1ccncc1. The number of hydrogen-bond acceptors (Lipinski definition) is 3. The van der Waals surface area contributed by atoms with Crippen molar-refractivity contribution in [2.24, 2.45) is 0 Å². The van der Waals surface area contributed by atoms with Crippen LogP contribution in [-0.2, 0) is 11.2 Å². The summed E-state index contributed by atoms with van der Waals surface area (Å²) in [5.41, 5.74) is 1.26. The van der Waals surface area contributed by atoms with E-state index in [2.05, 4.69) is 4.98 Å². The number of carboxylic acids is 1. The minimum Gasteiger partial charge on any atom is -0.481 e. The van der Waals surface area contributed by atoms with Gasteiger partial charge in [-0.2, -0.15) is 11.8 Å². The van der Waals surface area contributed by atoms with E-state index >= 15 is 0 Å². The van der Waals surface area contributed by atoms with Gasteiger partial charge in [-0.3, -0.25) is 9.78 Å². The van der Waals surface area contributed by atoms with E-state index in [4.69, 9.17) is 5.11 Å². The Morgan fingerprint density at radius 1 is 1.43 bits per heavy atom. The lowest BCUT2D eigenvalue weighted by molar-refractivity contribution is -0.133. The smallest absolute Gasteiger partial charge is 0.313 e. The van der Waals surface area contributed by atoms with Crippen LogP contribution in [0.4, 0.5) is 0 Å². The zero-order valence-electron chi connectivity index (χ0n) is 7.85. The van der Waals surface area contributed by atoms with Crippen LogP contribution in [0, 0.1) is 0 Å². The monoisotopic (exact) mass is 211 g/mol. The zero-order valence-corrected chi connectivity index (χ0v) is 8.67. The maximum atomic E-state index is 10.2. The Hall–Kier alpha value is -1.03. The molecule has 4 heteroatoms. The van der Waals surface area contributed by atoms with E-state index in [1.165, 1.54) is 17.3 Å². The molecule has 0 aliphatic heterocycles. The summed E-state index contributed by atoms with van der Waals surface area (Å²) in [5, 5.41) is 8.40. The van der Waals surface area contributed by atoms with E-state index in [1.54, 1.807) is 12.4 Å². The van der Waals surface area contributed by atoms with Crippen molar-refractivity contribution >= 4 is 17.7 Å². The molecule has 3 nitrogen and oxygen atoms in total. The average molecular weight is 211 g/mol. The fourth-order valence-electron chi connectivity index (χ4n) is 1.09. The molecule has 0 saturated heterocycles. The van der Waals surface area contributed by atoms with E-state index < -0.39 is 5.97 Å². The fourth-order valence-corrected chi connectivity index (χ4v) is 1.75. The van der Waals surface area contributed by atoms with Gasteiger partial charge < -0.3 is 5.11 Å². The van der Waals surface area contributed by atoms with E-state index in [9.17, 15) is 4.79 Å². The van der Waals surface area contributed by atoms with Crippen LogP contribution in [0.5, 0.6) is 0 Å². The molecular weight excluding hydrogens is 198 g/mol. The number of rotatable bonds is 6.